The van der Waals surface area contributed by atoms with Crippen LogP contribution in [0.25, 0.3) is 0 Å². The van der Waals surface area contributed by atoms with Crippen molar-refractivity contribution in [2.24, 2.45) is 5.92 Å². The molecule has 82 valence electrons. The lowest BCUT2D eigenvalue weighted by Crippen LogP contribution is -2.20. The molecule has 5 nitrogen and oxygen atoms in total. The Kier molecular flexibility index (Phi) is 2.77. The molecule has 1 saturated carbocycles. The first-order valence-corrected chi connectivity index (χ1v) is 5.70. The summed E-state index contributed by atoms with van der Waals surface area (Å²) in [4.78, 5) is 11.5. The van der Waals surface area contributed by atoms with Crippen LogP contribution >= 0.6 is 11.5 Å². The highest BCUT2D eigenvalue weighted by Gasteiger charge is 2.23. The van der Waals surface area contributed by atoms with Gasteiger partial charge in [-0.1, -0.05) is 0 Å². The van der Waals surface area contributed by atoms with E-state index in [4.69, 9.17) is 5.73 Å². The minimum Gasteiger partial charge on any atom is -0.382 e. The van der Waals surface area contributed by atoms with Gasteiger partial charge in [0, 0.05) is 13.6 Å². The molecule has 1 amide bonds. The van der Waals surface area contributed by atoms with Crippen LogP contribution in [0.5, 0.6) is 0 Å². The predicted molar refractivity (Wildman–Crippen MR) is 61.1 cm³/mol. The lowest BCUT2D eigenvalue weighted by molar-refractivity contribution is 0.0965. The van der Waals surface area contributed by atoms with Crippen molar-refractivity contribution in [2.45, 2.75) is 12.8 Å². The fraction of sp³-hybridized carbons (Fsp3) is 0.556. The Hall–Kier alpha value is -1.30. The van der Waals surface area contributed by atoms with E-state index in [0.717, 1.165) is 17.5 Å². The molecule has 15 heavy (non-hydrogen) atoms. The number of nitrogens with one attached hydrogen (secondary N) is 2. The average Bonchev–Trinajstić information content (AvgIpc) is 2.99. The minimum atomic E-state index is -0.181. The molecule has 1 aliphatic carbocycles. The molecule has 0 aromatic carbocycles. The molecule has 0 aliphatic heterocycles. The van der Waals surface area contributed by atoms with E-state index >= 15 is 0 Å². The normalized spacial score (nSPS) is 15.0. The molecule has 0 bridgehead atoms. The molecule has 0 spiro atoms. The number of anilines is 2. The van der Waals surface area contributed by atoms with Gasteiger partial charge in [-0.3, -0.25) is 4.79 Å². The number of carbonyl (C=O) groups is 1. The fourth-order valence-corrected chi connectivity index (χ4v) is 2.04. The van der Waals surface area contributed by atoms with Crippen molar-refractivity contribution >= 4 is 28.3 Å². The number of hydrogen-bond acceptors (Lipinski definition) is 5. The summed E-state index contributed by atoms with van der Waals surface area (Å²) in [5, 5.41) is 6.56. The number of rotatable bonds is 4. The van der Waals surface area contributed by atoms with Crippen LogP contribution in [0.1, 0.15) is 23.2 Å². The number of amides is 1. The van der Waals surface area contributed by atoms with E-state index in [1.54, 1.807) is 7.05 Å². The van der Waals surface area contributed by atoms with Crippen molar-refractivity contribution in [1.29, 1.82) is 0 Å². The van der Waals surface area contributed by atoms with Crippen molar-refractivity contribution < 1.29 is 4.79 Å². The fourth-order valence-electron chi connectivity index (χ4n) is 1.33. The zero-order valence-corrected chi connectivity index (χ0v) is 9.36. The van der Waals surface area contributed by atoms with Gasteiger partial charge < -0.3 is 16.4 Å². The molecular weight excluding hydrogens is 212 g/mol. The highest BCUT2D eigenvalue weighted by Crippen LogP contribution is 2.32. The van der Waals surface area contributed by atoms with Gasteiger partial charge in [-0.2, -0.15) is 4.37 Å². The third-order valence-corrected chi connectivity index (χ3v) is 3.24. The van der Waals surface area contributed by atoms with Crippen molar-refractivity contribution in [3.63, 3.8) is 0 Å². The van der Waals surface area contributed by atoms with Crippen LogP contribution in [0, 0.1) is 5.92 Å². The molecule has 0 unspecified atom stereocenters. The van der Waals surface area contributed by atoms with E-state index in [-0.39, 0.29) is 5.91 Å². The van der Waals surface area contributed by atoms with E-state index in [0.29, 0.717) is 11.4 Å². The van der Waals surface area contributed by atoms with Gasteiger partial charge in [0.25, 0.3) is 5.91 Å². The monoisotopic (exact) mass is 226 g/mol. The predicted octanol–water partition coefficient (Wildman–Crippen LogP) is 0.907. The summed E-state index contributed by atoms with van der Waals surface area (Å²) in [6.07, 6.45) is 2.55. The molecule has 0 radical (unpaired) electrons. The van der Waals surface area contributed by atoms with Crippen molar-refractivity contribution in [2.75, 3.05) is 24.6 Å². The maximum absolute atomic E-state index is 11.5. The van der Waals surface area contributed by atoms with Gasteiger partial charge in [-0.05, 0) is 30.3 Å². The van der Waals surface area contributed by atoms with E-state index < -0.39 is 0 Å². The first-order valence-electron chi connectivity index (χ1n) is 4.93. The van der Waals surface area contributed by atoms with Crippen LogP contribution in [0.4, 0.5) is 10.8 Å². The Balaban J connectivity index is 2.10. The molecule has 2 rings (SSSR count). The minimum absolute atomic E-state index is 0.181. The maximum Gasteiger partial charge on any atom is 0.257 e. The van der Waals surface area contributed by atoms with Gasteiger partial charge in [0.15, 0.2) is 5.82 Å². The maximum atomic E-state index is 11.5. The largest absolute Gasteiger partial charge is 0.382 e. The molecule has 1 heterocycles. The average molecular weight is 226 g/mol. The number of aromatic nitrogens is 1. The van der Waals surface area contributed by atoms with Crippen LogP contribution in [0.15, 0.2) is 0 Å². The Morgan fingerprint density at radius 1 is 1.67 bits per heavy atom. The van der Waals surface area contributed by atoms with Crippen LogP contribution in [0.3, 0.4) is 0 Å². The molecule has 1 aromatic rings. The Morgan fingerprint density at radius 2 is 2.40 bits per heavy atom. The number of nitrogens with two attached hydrogens (primary N) is 1. The number of hydrogen-bond donors (Lipinski definition) is 3. The summed E-state index contributed by atoms with van der Waals surface area (Å²) in [6.45, 7) is 0.908. The lowest BCUT2D eigenvalue weighted by Gasteiger charge is -2.04. The van der Waals surface area contributed by atoms with Crippen LogP contribution in [-0.2, 0) is 0 Å². The third-order valence-electron chi connectivity index (χ3n) is 2.42. The second kappa shape index (κ2) is 4.06. The van der Waals surface area contributed by atoms with Crippen molar-refractivity contribution in [3.05, 3.63) is 5.56 Å². The highest BCUT2D eigenvalue weighted by molar-refractivity contribution is 7.11. The summed E-state index contributed by atoms with van der Waals surface area (Å²) >= 11 is 1.24. The number of carbonyl (C=O) groups excluding carboxylic acids is 1. The third kappa shape index (κ3) is 2.20. The summed E-state index contributed by atoms with van der Waals surface area (Å²) in [5.74, 6) is 0.878. The quantitative estimate of drug-likeness (QED) is 0.713. The second-order valence-electron chi connectivity index (χ2n) is 3.68. The highest BCUT2D eigenvalue weighted by atomic mass is 32.1. The van der Waals surface area contributed by atoms with E-state index in [2.05, 4.69) is 15.0 Å². The zero-order chi connectivity index (χ0) is 10.8. The van der Waals surface area contributed by atoms with Gasteiger partial charge >= 0.3 is 0 Å². The molecule has 1 fully saturated rings. The molecule has 0 saturated heterocycles. The van der Waals surface area contributed by atoms with E-state index in [1.165, 1.54) is 24.4 Å². The summed E-state index contributed by atoms with van der Waals surface area (Å²) < 4.78 is 3.98. The lowest BCUT2D eigenvalue weighted by atomic mass is 10.3. The van der Waals surface area contributed by atoms with Gasteiger partial charge in [0.05, 0.1) is 0 Å². The van der Waals surface area contributed by atoms with Gasteiger partial charge in [-0.15, -0.1) is 0 Å². The van der Waals surface area contributed by atoms with Crippen molar-refractivity contribution in [3.8, 4) is 0 Å². The first kappa shape index (κ1) is 10.2. The second-order valence-corrected chi connectivity index (χ2v) is 4.45. The Bertz CT molecular complexity index is 372. The van der Waals surface area contributed by atoms with Crippen LogP contribution in [-0.4, -0.2) is 23.9 Å². The summed E-state index contributed by atoms with van der Waals surface area (Å²) in [5.41, 5.74) is 6.11. The van der Waals surface area contributed by atoms with Gasteiger partial charge in [0.2, 0.25) is 0 Å². The summed E-state index contributed by atoms with van der Waals surface area (Å²) in [7, 11) is 1.59. The first-order chi connectivity index (χ1) is 7.22. The number of nitrogen functional groups attached to an aromatic ring is 1. The van der Waals surface area contributed by atoms with Gasteiger partial charge in [-0.25, -0.2) is 0 Å². The zero-order valence-electron chi connectivity index (χ0n) is 8.54. The molecule has 1 aliphatic rings. The molecule has 6 heteroatoms. The van der Waals surface area contributed by atoms with Gasteiger partial charge in [0.1, 0.15) is 10.6 Å². The molecular formula is C9H14N4OS. The van der Waals surface area contributed by atoms with E-state index in [1.807, 2.05) is 0 Å². The van der Waals surface area contributed by atoms with E-state index in [9.17, 15) is 4.79 Å². The van der Waals surface area contributed by atoms with Crippen molar-refractivity contribution in [1.82, 2.24) is 9.69 Å². The topological polar surface area (TPSA) is 80.0 Å². The van der Waals surface area contributed by atoms with Crippen LogP contribution in [0.2, 0.25) is 0 Å². The SMILES string of the molecule is CNC(=O)c1c(N)nsc1NCC1CC1. The standard InChI is InChI=1S/C9H14N4OS/c1-11-8(14)6-7(10)13-15-9(6)12-4-5-2-3-5/h5,12H,2-4H2,1H3,(H2,10,13)(H,11,14). The molecule has 1 aromatic heterocycles. The summed E-state index contributed by atoms with van der Waals surface area (Å²) in [6, 6.07) is 0. The Labute approximate surface area is 92.2 Å². The smallest absolute Gasteiger partial charge is 0.257 e. The molecule has 4 N–H and O–H groups in total. The van der Waals surface area contributed by atoms with Crippen LogP contribution < -0.4 is 16.4 Å². The Morgan fingerprint density at radius 3 is 3.00 bits per heavy atom. The number of nitrogens with zero attached hydrogens (tertiary/aromatic N) is 1. The molecule has 0 atom stereocenters.